The van der Waals surface area contributed by atoms with Crippen LogP contribution in [0.4, 0.5) is 32.0 Å². The van der Waals surface area contributed by atoms with Crippen LogP contribution in [0.5, 0.6) is 0 Å². The Morgan fingerprint density at radius 2 is 1.57 bits per heavy atom. The number of hydrogen-bond acceptors (Lipinski definition) is 1. The van der Waals surface area contributed by atoms with E-state index < -0.39 is 41.6 Å². The van der Waals surface area contributed by atoms with Gasteiger partial charge in [0.2, 0.25) is 0 Å². The van der Waals surface area contributed by atoms with E-state index in [1.807, 2.05) is 0 Å². The number of halogens is 6. The van der Waals surface area contributed by atoms with Crippen molar-refractivity contribution in [3.8, 4) is 11.3 Å². The van der Waals surface area contributed by atoms with E-state index in [2.05, 4.69) is 5.32 Å². The van der Waals surface area contributed by atoms with Crippen molar-refractivity contribution in [1.29, 1.82) is 0 Å². The second-order valence-electron chi connectivity index (χ2n) is 5.79. The molecule has 3 aromatic rings. The highest BCUT2D eigenvalue weighted by atomic mass is 19.4. The van der Waals surface area contributed by atoms with Crippen LogP contribution < -0.4 is 5.32 Å². The number of benzene rings is 2. The van der Waals surface area contributed by atoms with Crippen LogP contribution in [-0.2, 0) is 13.0 Å². The van der Waals surface area contributed by atoms with Crippen LogP contribution in [0.2, 0.25) is 0 Å². The van der Waals surface area contributed by atoms with Gasteiger partial charge in [-0.25, -0.2) is 13.2 Å². The van der Waals surface area contributed by atoms with Crippen LogP contribution in [0, 0.1) is 11.6 Å². The fourth-order valence-corrected chi connectivity index (χ4v) is 2.74. The third-order valence-corrected chi connectivity index (χ3v) is 4.00. The van der Waals surface area contributed by atoms with Crippen molar-refractivity contribution < 1.29 is 31.1 Å². The Labute approximate surface area is 155 Å². The molecular weight excluding hydrogens is 386 g/mol. The summed E-state index contributed by atoms with van der Waals surface area (Å²) in [5.41, 5.74) is -1.99. The molecule has 0 saturated carbocycles. The van der Waals surface area contributed by atoms with Crippen LogP contribution in [0.1, 0.15) is 15.9 Å². The van der Waals surface area contributed by atoms with Gasteiger partial charge in [-0.05, 0) is 35.9 Å². The maximum Gasteiger partial charge on any atom is 0.418 e. The Bertz CT molecular complexity index is 988. The second-order valence-corrected chi connectivity index (χ2v) is 5.79. The molecule has 0 aliphatic heterocycles. The van der Waals surface area contributed by atoms with Gasteiger partial charge >= 0.3 is 6.18 Å². The summed E-state index contributed by atoms with van der Waals surface area (Å²) in [7, 11) is 0. The zero-order valence-corrected chi connectivity index (χ0v) is 14.0. The molecule has 1 N–H and O–H groups in total. The van der Waals surface area contributed by atoms with Crippen LogP contribution in [-0.4, -0.2) is 10.5 Å². The maximum atomic E-state index is 13.6. The topological polar surface area (TPSA) is 34.0 Å². The van der Waals surface area contributed by atoms with Crippen LogP contribution >= 0.6 is 0 Å². The molecule has 0 aliphatic carbocycles. The number of carbonyl (C=O) groups is 1. The number of carbonyl (C=O) groups excluding carboxylic acids is 1. The van der Waals surface area contributed by atoms with Crippen LogP contribution in [0.3, 0.4) is 0 Å². The molecule has 0 radical (unpaired) electrons. The van der Waals surface area contributed by atoms with Crippen molar-refractivity contribution >= 4 is 11.6 Å². The summed E-state index contributed by atoms with van der Waals surface area (Å²) in [5, 5.41) is 2.26. The quantitative estimate of drug-likeness (QED) is 0.568. The minimum atomic E-state index is -4.68. The molecule has 1 heterocycles. The number of rotatable bonds is 4. The molecule has 0 fully saturated rings. The molecular formula is C19H12F6N2O. The van der Waals surface area contributed by atoms with Gasteiger partial charge in [-0.1, -0.05) is 18.2 Å². The maximum absolute atomic E-state index is 13.6. The smallest absolute Gasteiger partial charge is 0.322 e. The molecule has 0 bridgehead atoms. The molecule has 0 atom stereocenters. The van der Waals surface area contributed by atoms with Gasteiger partial charge in [0.05, 0.1) is 11.3 Å². The first kappa shape index (κ1) is 19.5. The summed E-state index contributed by atoms with van der Waals surface area (Å²) in [4.78, 5) is 12.1. The first-order chi connectivity index (χ1) is 13.2. The van der Waals surface area contributed by atoms with Crippen molar-refractivity contribution in [3.05, 3.63) is 77.5 Å². The fraction of sp³-hybridized carbons (Fsp3) is 0.105. The third-order valence-electron chi connectivity index (χ3n) is 4.00. The lowest BCUT2D eigenvalue weighted by molar-refractivity contribution is -0.137. The number of nitrogens with zero attached hydrogens (tertiary/aromatic N) is 1. The average Bonchev–Trinajstić information content (AvgIpc) is 3.06. The zero-order valence-electron chi connectivity index (χ0n) is 14.0. The summed E-state index contributed by atoms with van der Waals surface area (Å²) >= 11 is 0. The van der Waals surface area contributed by atoms with Gasteiger partial charge in [0, 0.05) is 11.9 Å². The Kier molecular flexibility index (Phi) is 5.17. The van der Waals surface area contributed by atoms with Crippen molar-refractivity contribution in [3.63, 3.8) is 0 Å². The van der Waals surface area contributed by atoms with Crippen LogP contribution in [0.25, 0.3) is 11.3 Å². The number of alkyl halides is 4. The first-order valence-corrected chi connectivity index (χ1v) is 7.90. The van der Waals surface area contributed by atoms with Crippen LogP contribution in [0.15, 0.2) is 54.7 Å². The van der Waals surface area contributed by atoms with Gasteiger partial charge in [0.15, 0.2) is 6.80 Å². The van der Waals surface area contributed by atoms with Gasteiger partial charge in [0.25, 0.3) is 5.91 Å². The normalized spacial score (nSPS) is 11.5. The van der Waals surface area contributed by atoms with E-state index in [4.69, 9.17) is 0 Å². The van der Waals surface area contributed by atoms with Gasteiger partial charge in [-0.15, -0.1) is 0 Å². The molecule has 2 aromatic carbocycles. The lowest BCUT2D eigenvalue weighted by Crippen LogP contribution is -2.15. The Morgan fingerprint density at radius 3 is 2.11 bits per heavy atom. The summed E-state index contributed by atoms with van der Waals surface area (Å²) in [6, 6.07) is 8.70. The van der Waals surface area contributed by atoms with Crippen molar-refractivity contribution in [1.82, 2.24) is 4.57 Å². The number of aromatic nitrogens is 1. The molecule has 0 unspecified atom stereocenters. The summed E-state index contributed by atoms with van der Waals surface area (Å²) in [5.74, 6) is -3.15. The molecule has 0 saturated heterocycles. The molecule has 28 heavy (non-hydrogen) atoms. The molecule has 3 nitrogen and oxygen atoms in total. The minimum absolute atomic E-state index is 0.0602. The molecule has 9 heteroatoms. The van der Waals surface area contributed by atoms with E-state index >= 15 is 0 Å². The monoisotopic (exact) mass is 398 g/mol. The number of nitrogens with one attached hydrogen (secondary N) is 1. The van der Waals surface area contributed by atoms with Gasteiger partial charge in [-0.2, -0.15) is 13.2 Å². The van der Waals surface area contributed by atoms with Gasteiger partial charge in [0.1, 0.15) is 17.2 Å². The van der Waals surface area contributed by atoms with E-state index in [9.17, 15) is 31.1 Å². The lowest BCUT2D eigenvalue weighted by atomic mass is 10.1. The standard InChI is InChI=1S/C19H12F6N2O/c20-10-27-9-8-13(19(23,24)25)17(27)11-4-6-12(7-5-11)26-18(28)16-14(21)2-1-3-15(16)22/h1-9H,10H2,(H,26,28). The molecule has 0 spiro atoms. The van der Waals surface area contributed by atoms with Crippen molar-refractivity contribution in [2.75, 3.05) is 5.32 Å². The zero-order chi connectivity index (χ0) is 20.5. The predicted octanol–water partition coefficient (Wildman–Crippen LogP) is 5.63. The fourth-order valence-electron chi connectivity index (χ4n) is 2.74. The highest BCUT2D eigenvalue weighted by molar-refractivity contribution is 6.04. The van der Waals surface area contributed by atoms with Gasteiger partial charge in [-0.3, -0.25) is 4.79 Å². The van der Waals surface area contributed by atoms with E-state index in [1.165, 1.54) is 24.3 Å². The third kappa shape index (κ3) is 3.73. The second kappa shape index (κ2) is 7.41. The van der Waals surface area contributed by atoms with E-state index in [0.717, 1.165) is 35.0 Å². The molecule has 1 aromatic heterocycles. The van der Waals surface area contributed by atoms with Gasteiger partial charge < -0.3 is 9.88 Å². The molecule has 1 amide bonds. The number of amides is 1. The molecule has 0 aliphatic rings. The Balaban J connectivity index is 1.89. The predicted molar refractivity (Wildman–Crippen MR) is 90.3 cm³/mol. The SMILES string of the molecule is O=C(Nc1ccc(-c2c(C(F)(F)F)ccn2CF)cc1)c1c(F)cccc1F. The summed E-state index contributed by atoms with van der Waals surface area (Å²) in [6.07, 6.45) is -3.69. The minimum Gasteiger partial charge on any atom is -0.322 e. The first-order valence-electron chi connectivity index (χ1n) is 7.90. The largest absolute Gasteiger partial charge is 0.418 e. The number of hydrogen-bond donors (Lipinski definition) is 1. The Morgan fingerprint density at radius 1 is 0.964 bits per heavy atom. The van der Waals surface area contributed by atoms with E-state index in [-0.39, 0.29) is 16.9 Å². The average molecular weight is 398 g/mol. The van der Waals surface area contributed by atoms with Crippen molar-refractivity contribution in [2.24, 2.45) is 0 Å². The van der Waals surface area contributed by atoms with Crippen molar-refractivity contribution in [2.45, 2.75) is 13.0 Å². The summed E-state index contributed by atoms with van der Waals surface area (Å²) in [6.45, 7) is -1.16. The lowest BCUT2D eigenvalue weighted by Gasteiger charge is -2.12. The highest BCUT2D eigenvalue weighted by Crippen LogP contribution is 2.38. The molecule has 146 valence electrons. The highest BCUT2D eigenvalue weighted by Gasteiger charge is 2.35. The van der Waals surface area contributed by atoms with E-state index in [1.54, 1.807) is 0 Å². The summed E-state index contributed by atoms with van der Waals surface area (Å²) < 4.78 is 80.6. The van der Waals surface area contributed by atoms with E-state index in [0.29, 0.717) is 0 Å². The number of anilines is 1. The molecule has 3 rings (SSSR count). The Hall–Kier alpha value is -3.23.